The Hall–Kier alpha value is -2.37. The minimum absolute atomic E-state index is 0.00466. The molecule has 6 heteroatoms. The molecule has 0 bridgehead atoms. The van der Waals surface area contributed by atoms with E-state index in [1.807, 2.05) is 20.8 Å². The van der Waals surface area contributed by atoms with Crippen molar-refractivity contribution in [2.75, 3.05) is 0 Å². The van der Waals surface area contributed by atoms with Crippen LogP contribution in [0.5, 0.6) is 0 Å². The van der Waals surface area contributed by atoms with Gasteiger partial charge >= 0.3 is 17.1 Å². The molecule has 0 saturated carbocycles. The van der Waals surface area contributed by atoms with Gasteiger partial charge in [0, 0.05) is 5.54 Å². The second kappa shape index (κ2) is 5.20. The van der Waals surface area contributed by atoms with Crippen molar-refractivity contribution < 1.29 is 9.90 Å². The van der Waals surface area contributed by atoms with Gasteiger partial charge in [-0.05, 0) is 32.4 Å². The number of aromatic carboxylic acids is 1. The Morgan fingerprint density at radius 3 is 2.57 bits per heavy atom. The molecular formula is C15H18N2O4. The molecule has 21 heavy (non-hydrogen) atoms. The predicted octanol–water partition coefficient (Wildman–Crippen LogP) is 1.92. The fourth-order valence-electron chi connectivity index (χ4n) is 2.74. The van der Waals surface area contributed by atoms with Gasteiger partial charge in [0.2, 0.25) is 0 Å². The van der Waals surface area contributed by atoms with E-state index in [4.69, 9.17) is 0 Å². The summed E-state index contributed by atoms with van der Waals surface area (Å²) < 4.78 is 1.31. The first-order valence-electron chi connectivity index (χ1n) is 6.81. The van der Waals surface area contributed by atoms with Gasteiger partial charge in [0.25, 0.3) is 0 Å². The summed E-state index contributed by atoms with van der Waals surface area (Å²) in [6.45, 7) is 5.63. The van der Waals surface area contributed by atoms with Gasteiger partial charge in [0.1, 0.15) is 0 Å². The van der Waals surface area contributed by atoms with Crippen molar-refractivity contribution in [3.05, 3.63) is 44.5 Å². The summed E-state index contributed by atoms with van der Waals surface area (Å²) in [4.78, 5) is 38.1. The lowest BCUT2D eigenvalue weighted by Crippen LogP contribution is -2.45. The minimum Gasteiger partial charge on any atom is -0.478 e. The number of aromatic amines is 1. The van der Waals surface area contributed by atoms with Crippen LogP contribution in [0.4, 0.5) is 0 Å². The normalized spacial score (nSPS) is 11.8. The number of aromatic nitrogens is 2. The first-order valence-corrected chi connectivity index (χ1v) is 6.81. The van der Waals surface area contributed by atoms with E-state index in [-0.39, 0.29) is 11.1 Å². The van der Waals surface area contributed by atoms with Gasteiger partial charge in [-0.15, -0.1) is 0 Å². The number of carbonyl (C=O) groups is 1. The number of nitrogens with one attached hydrogen (secondary N) is 1. The Labute approximate surface area is 121 Å². The van der Waals surface area contributed by atoms with Gasteiger partial charge < -0.3 is 10.1 Å². The van der Waals surface area contributed by atoms with Gasteiger partial charge in [-0.25, -0.2) is 4.79 Å². The molecule has 0 spiro atoms. The second-order valence-corrected chi connectivity index (χ2v) is 5.66. The molecule has 1 aromatic heterocycles. The van der Waals surface area contributed by atoms with Crippen molar-refractivity contribution in [2.45, 2.75) is 39.2 Å². The van der Waals surface area contributed by atoms with E-state index >= 15 is 0 Å². The van der Waals surface area contributed by atoms with Crippen molar-refractivity contribution in [3.8, 4) is 0 Å². The fraction of sp³-hybridized carbons (Fsp3) is 0.400. The molecule has 1 aromatic carbocycles. The number of hydrogen-bond acceptors (Lipinski definition) is 3. The van der Waals surface area contributed by atoms with E-state index in [1.165, 1.54) is 10.6 Å². The summed E-state index contributed by atoms with van der Waals surface area (Å²) in [6.07, 6.45) is 1.46. The van der Waals surface area contributed by atoms with E-state index in [9.17, 15) is 19.5 Å². The van der Waals surface area contributed by atoms with Crippen molar-refractivity contribution >= 4 is 17.0 Å². The molecule has 2 rings (SSSR count). The van der Waals surface area contributed by atoms with Gasteiger partial charge in [0.15, 0.2) is 0 Å². The largest absolute Gasteiger partial charge is 0.478 e. The zero-order valence-corrected chi connectivity index (χ0v) is 12.3. The summed E-state index contributed by atoms with van der Waals surface area (Å²) in [5.41, 5.74) is -1.50. The van der Waals surface area contributed by atoms with Gasteiger partial charge in [-0.1, -0.05) is 19.4 Å². The van der Waals surface area contributed by atoms with E-state index < -0.39 is 22.6 Å². The average molecular weight is 290 g/mol. The van der Waals surface area contributed by atoms with Crippen LogP contribution in [0.15, 0.2) is 27.8 Å². The van der Waals surface area contributed by atoms with Gasteiger partial charge in [0.05, 0.1) is 16.6 Å². The number of para-hydroxylation sites is 1. The van der Waals surface area contributed by atoms with E-state index in [1.54, 1.807) is 12.1 Å². The number of rotatable bonds is 4. The van der Waals surface area contributed by atoms with E-state index in [0.29, 0.717) is 11.9 Å². The minimum atomic E-state index is -1.13. The molecule has 0 amide bonds. The lowest BCUT2D eigenvalue weighted by molar-refractivity contribution is 0.0698. The van der Waals surface area contributed by atoms with Crippen LogP contribution in [-0.2, 0) is 5.54 Å². The molecular weight excluding hydrogens is 272 g/mol. The molecule has 2 aromatic rings. The number of H-pyrrole nitrogens is 1. The average Bonchev–Trinajstić information content (AvgIpc) is 2.38. The van der Waals surface area contributed by atoms with Crippen molar-refractivity contribution in [1.82, 2.24) is 9.55 Å². The van der Waals surface area contributed by atoms with Crippen LogP contribution in [0.1, 0.15) is 44.0 Å². The number of hydrogen-bond donors (Lipinski definition) is 2. The first-order chi connectivity index (χ1) is 9.79. The van der Waals surface area contributed by atoms with Crippen LogP contribution >= 0.6 is 0 Å². The number of fused-ring (bicyclic) bond motifs is 1. The molecule has 0 radical (unpaired) electrons. The number of benzene rings is 1. The van der Waals surface area contributed by atoms with Gasteiger partial charge in [-0.3, -0.25) is 14.2 Å². The maximum atomic E-state index is 12.3. The SMILES string of the molecule is CCCC(C)(C)n1c(=O)c(=O)[nH]c2cccc(C(=O)O)c21. The topological polar surface area (TPSA) is 92.2 Å². The maximum Gasteiger partial charge on any atom is 0.337 e. The number of nitrogens with zero attached hydrogens (tertiary/aromatic N) is 1. The number of carboxylic acid groups (broad SMARTS) is 1. The molecule has 0 aliphatic rings. The summed E-state index contributed by atoms with van der Waals surface area (Å²) >= 11 is 0. The predicted molar refractivity (Wildman–Crippen MR) is 80.0 cm³/mol. The van der Waals surface area contributed by atoms with Crippen LogP contribution in [0, 0.1) is 0 Å². The molecule has 112 valence electrons. The highest BCUT2D eigenvalue weighted by molar-refractivity contribution is 6.00. The molecule has 0 atom stereocenters. The van der Waals surface area contributed by atoms with Crippen LogP contribution in [0.3, 0.4) is 0 Å². The summed E-state index contributed by atoms with van der Waals surface area (Å²) in [5.74, 6) is -1.13. The quantitative estimate of drug-likeness (QED) is 0.841. The molecule has 0 aliphatic heterocycles. The summed E-state index contributed by atoms with van der Waals surface area (Å²) in [5, 5.41) is 9.36. The molecule has 6 nitrogen and oxygen atoms in total. The Balaban J connectivity index is 3.03. The number of carboxylic acids is 1. The van der Waals surface area contributed by atoms with Crippen LogP contribution in [0.25, 0.3) is 11.0 Å². The highest BCUT2D eigenvalue weighted by atomic mass is 16.4. The van der Waals surface area contributed by atoms with Crippen LogP contribution in [0.2, 0.25) is 0 Å². The zero-order valence-electron chi connectivity index (χ0n) is 12.3. The maximum absolute atomic E-state index is 12.3. The lowest BCUT2D eigenvalue weighted by atomic mass is 9.97. The van der Waals surface area contributed by atoms with E-state index in [0.717, 1.165) is 6.42 Å². The van der Waals surface area contributed by atoms with Crippen molar-refractivity contribution in [2.24, 2.45) is 0 Å². The molecule has 0 fully saturated rings. The van der Waals surface area contributed by atoms with E-state index in [2.05, 4.69) is 4.98 Å². The summed E-state index contributed by atoms with van der Waals surface area (Å²) in [6, 6.07) is 4.57. The molecule has 0 aliphatic carbocycles. The smallest absolute Gasteiger partial charge is 0.337 e. The monoisotopic (exact) mass is 290 g/mol. The highest BCUT2D eigenvalue weighted by Crippen LogP contribution is 2.25. The van der Waals surface area contributed by atoms with Crippen LogP contribution in [-0.4, -0.2) is 20.6 Å². The van der Waals surface area contributed by atoms with Crippen LogP contribution < -0.4 is 11.1 Å². The Morgan fingerprint density at radius 2 is 2.00 bits per heavy atom. The molecule has 2 N–H and O–H groups in total. The van der Waals surface area contributed by atoms with Crippen molar-refractivity contribution in [3.63, 3.8) is 0 Å². The summed E-state index contributed by atoms with van der Waals surface area (Å²) in [7, 11) is 0. The molecule has 0 saturated heterocycles. The zero-order chi connectivity index (χ0) is 15.8. The fourth-order valence-corrected chi connectivity index (χ4v) is 2.74. The Bertz CT molecular complexity index is 815. The Morgan fingerprint density at radius 1 is 1.33 bits per heavy atom. The third kappa shape index (κ3) is 2.49. The lowest BCUT2D eigenvalue weighted by Gasteiger charge is -2.29. The third-order valence-electron chi connectivity index (χ3n) is 3.60. The molecule has 0 unspecified atom stereocenters. The second-order valence-electron chi connectivity index (χ2n) is 5.66. The van der Waals surface area contributed by atoms with Gasteiger partial charge in [-0.2, -0.15) is 0 Å². The first kappa shape index (κ1) is 15.0. The molecule has 1 heterocycles. The highest BCUT2D eigenvalue weighted by Gasteiger charge is 2.26. The Kier molecular flexibility index (Phi) is 3.72. The third-order valence-corrected chi connectivity index (χ3v) is 3.60. The standard InChI is InChI=1S/C15H18N2O4/c1-4-8-15(2,3)17-11-9(14(20)21)6-5-7-10(11)16-12(18)13(17)19/h5-7H,4,8H2,1-3H3,(H,16,18)(H,20,21). The van der Waals surface area contributed by atoms with Crippen molar-refractivity contribution in [1.29, 1.82) is 0 Å².